The minimum Gasteiger partial charge on any atom is -0.481 e. The molecule has 1 unspecified atom stereocenters. The van der Waals surface area contributed by atoms with Gasteiger partial charge < -0.3 is 14.8 Å². The fraction of sp³-hybridized carbons (Fsp3) is 0.500. The largest absolute Gasteiger partial charge is 0.481 e. The highest BCUT2D eigenvalue weighted by Crippen LogP contribution is 2.18. The molecule has 0 aliphatic carbocycles. The van der Waals surface area contributed by atoms with E-state index in [4.69, 9.17) is 9.47 Å². The van der Waals surface area contributed by atoms with E-state index in [1.54, 1.807) is 33.3 Å². The zero-order valence-electron chi connectivity index (χ0n) is 10.4. The number of rotatable bonds is 6. The third-order valence-corrected chi connectivity index (χ3v) is 2.40. The van der Waals surface area contributed by atoms with E-state index >= 15 is 0 Å². The molecule has 5 heteroatoms. The van der Waals surface area contributed by atoms with Gasteiger partial charge in [-0.2, -0.15) is 0 Å². The van der Waals surface area contributed by atoms with Gasteiger partial charge in [-0.1, -0.05) is 6.07 Å². The van der Waals surface area contributed by atoms with Crippen molar-refractivity contribution in [2.45, 2.75) is 19.4 Å². The summed E-state index contributed by atoms with van der Waals surface area (Å²) in [7, 11) is 3.37. The Morgan fingerprint density at radius 1 is 1.53 bits per heavy atom. The molecule has 0 aromatic carbocycles. The second-order valence-corrected chi connectivity index (χ2v) is 3.48. The molecule has 17 heavy (non-hydrogen) atoms. The Labute approximate surface area is 101 Å². The number of hydrogen-bond donors (Lipinski definition) is 1. The summed E-state index contributed by atoms with van der Waals surface area (Å²) in [4.78, 5) is 15.5. The van der Waals surface area contributed by atoms with Crippen LogP contribution in [0.1, 0.15) is 24.9 Å². The van der Waals surface area contributed by atoms with Crippen LogP contribution in [0.2, 0.25) is 0 Å². The average Bonchev–Trinajstić information content (AvgIpc) is 2.36. The number of carbonyl (C=O) groups is 1. The number of hydrogen-bond acceptors (Lipinski definition) is 5. The normalized spacial score (nSPS) is 11.9. The Bertz CT molecular complexity index is 351. The number of pyridine rings is 1. The Morgan fingerprint density at radius 2 is 2.29 bits per heavy atom. The molecule has 0 aliphatic rings. The van der Waals surface area contributed by atoms with Gasteiger partial charge in [0.25, 0.3) is 0 Å². The zero-order valence-corrected chi connectivity index (χ0v) is 10.4. The van der Waals surface area contributed by atoms with E-state index in [-0.39, 0.29) is 12.0 Å². The molecule has 1 heterocycles. The molecule has 0 radical (unpaired) electrons. The van der Waals surface area contributed by atoms with Gasteiger partial charge in [0.2, 0.25) is 5.88 Å². The number of nitrogens with one attached hydrogen (secondary N) is 1. The highest BCUT2D eigenvalue weighted by atomic mass is 16.5. The van der Waals surface area contributed by atoms with E-state index in [1.165, 1.54) is 0 Å². The molecule has 1 aromatic heterocycles. The van der Waals surface area contributed by atoms with Crippen LogP contribution in [0.15, 0.2) is 18.3 Å². The van der Waals surface area contributed by atoms with Gasteiger partial charge in [0.1, 0.15) is 0 Å². The Hall–Kier alpha value is -1.62. The summed E-state index contributed by atoms with van der Waals surface area (Å²) in [5, 5.41) is 3.06. The van der Waals surface area contributed by atoms with Gasteiger partial charge in [0, 0.05) is 18.3 Å². The van der Waals surface area contributed by atoms with E-state index < -0.39 is 0 Å². The molecule has 1 N–H and O–H groups in total. The lowest BCUT2D eigenvalue weighted by Gasteiger charge is -2.15. The predicted molar refractivity (Wildman–Crippen MR) is 63.8 cm³/mol. The van der Waals surface area contributed by atoms with Crippen molar-refractivity contribution >= 4 is 5.97 Å². The molecule has 1 aromatic rings. The lowest BCUT2D eigenvalue weighted by Crippen LogP contribution is -2.21. The molecule has 0 aliphatic heterocycles. The second kappa shape index (κ2) is 6.85. The highest BCUT2D eigenvalue weighted by molar-refractivity contribution is 5.70. The molecule has 5 nitrogen and oxygen atoms in total. The predicted octanol–water partition coefficient (Wildman–Crippen LogP) is 1.30. The molecule has 0 spiro atoms. The van der Waals surface area contributed by atoms with Crippen LogP contribution < -0.4 is 10.1 Å². The smallest absolute Gasteiger partial charge is 0.307 e. The first kappa shape index (κ1) is 13.4. The zero-order chi connectivity index (χ0) is 12.7. The Morgan fingerprint density at radius 3 is 2.76 bits per heavy atom. The molecule has 0 saturated carbocycles. The number of methoxy groups -OCH3 is 1. The molecule has 1 atom stereocenters. The lowest BCUT2D eigenvalue weighted by atomic mass is 10.1. The van der Waals surface area contributed by atoms with Gasteiger partial charge in [-0.3, -0.25) is 4.79 Å². The first-order valence-corrected chi connectivity index (χ1v) is 5.54. The summed E-state index contributed by atoms with van der Waals surface area (Å²) < 4.78 is 9.90. The quantitative estimate of drug-likeness (QED) is 0.757. The highest BCUT2D eigenvalue weighted by Gasteiger charge is 2.15. The van der Waals surface area contributed by atoms with E-state index in [2.05, 4.69) is 10.3 Å². The first-order chi connectivity index (χ1) is 8.21. The maximum Gasteiger partial charge on any atom is 0.307 e. The number of nitrogens with zero attached hydrogens (tertiary/aromatic N) is 1. The van der Waals surface area contributed by atoms with Gasteiger partial charge in [0.05, 0.1) is 20.1 Å². The van der Waals surface area contributed by atoms with Gasteiger partial charge in [-0.25, -0.2) is 4.98 Å². The molecule has 0 bridgehead atoms. The maximum atomic E-state index is 11.4. The monoisotopic (exact) mass is 238 g/mol. The van der Waals surface area contributed by atoms with Crippen molar-refractivity contribution in [3.05, 3.63) is 23.9 Å². The fourth-order valence-electron chi connectivity index (χ4n) is 1.49. The molecule has 0 saturated heterocycles. The number of aromatic nitrogens is 1. The van der Waals surface area contributed by atoms with Crippen LogP contribution in [0.25, 0.3) is 0 Å². The van der Waals surface area contributed by atoms with Crippen LogP contribution in [-0.2, 0) is 9.53 Å². The SMILES string of the molecule is CCOC(=O)CC(NC)c1ccc(OC)nc1. The van der Waals surface area contributed by atoms with E-state index in [9.17, 15) is 4.79 Å². The van der Waals surface area contributed by atoms with Crippen LogP contribution in [-0.4, -0.2) is 31.7 Å². The molecular weight excluding hydrogens is 220 g/mol. The van der Waals surface area contributed by atoms with Crippen molar-refractivity contribution in [2.24, 2.45) is 0 Å². The average molecular weight is 238 g/mol. The summed E-state index contributed by atoms with van der Waals surface area (Å²) in [6.07, 6.45) is 1.98. The van der Waals surface area contributed by atoms with Crippen molar-refractivity contribution in [2.75, 3.05) is 20.8 Å². The summed E-state index contributed by atoms with van der Waals surface area (Å²) in [5.74, 6) is 0.336. The molecule has 0 amide bonds. The number of carbonyl (C=O) groups excluding carboxylic acids is 1. The summed E-state index contributed by atoms with van der Waals surface area (Å²) in [6, 6.07) is 3.56. The maximum absolute atomic E-state index is 11.4. The fourth-order valence-corrected chi connectivity index (χ4v) is 1.49. The third kappa shape index (κ3) is 4.03. The molecule has 0 fully saturated rings. The second-order valence-electron chi connectivity index (χ2n) is 3.48. The van der Waals surface area contributed by atoms with Crippen LogP contribution >= 0.6 is 0 Å². The minimum absolute atomic E-state index is 0.0903. The van der Waals surface area contributed by atoms with Crippen LogP contribution in [0.3, 0.4) is 0 Å². The number of ether oxygens (including phenoxy) is 2. The topological polar surface area (TPSA) is 60.5 Å². The van der Waals surface area contributed by atoms with Crippen molar-refractivity contribution in [1.29, 1.82) is 0 Å². The van der Waals surface area contributed by atoms with E-state index in [1.807, 2.05) is 6.07 Å². The van der Waals surface area contributed by atoms with Gasteiger partial charge >= 0.3 is 5.97 Å². The Balaban J connectivity index is 2.68. The molecular formula is C12H18N2O3. The van der Waals surface area contributed by atoms with Crippen LogP contribution in [0, 0.1) is 0 Å². The van der Waals surface area contributed by atoms with E-state index in [0.29, 0.717) is 18.9 Å². The van der Waals surface area contributed by atoms with Gasteiger partial charge in [-0.05, 0) is 19.5 Å². The Kier molecular flexibility index (Phi) is 5.42. The lowest BCUT2D eigenvalue weighted by molar-refractivity contribution is -0.143. The third-order valence-electron chi connectivity index (χ3n) is 2.40. The first-order valence-electron chi connectivity index (χ1n) is 5.54. The van der Waals surface area contributed by atoms with Crippen molar-refractivity contribution in [3.63, 3.8) is 0 Å². The summed E-state index contributed by atoms with van der Waals surface area (Å²) in [6.45, 7) is 2.19. The van der Waals surface area contributed by atoms with Crippen molar-refractivity contribution in [1.82, 2.24) is 10.3 Å². The molecule has 94 valence electrons. The molecule has 1 rings (SSSR count). The van der Waals surface area contributed by atoms with Crippen LogP contribution in [0.5, 0.6) is 5.88 Å². The summed E-state index contributed by atoms with van der Waals surface area (Å²) >= 11 is 0. The number of esters is 1. The van der Waals surface area contributed by atoms with Crippen molar-refractivity contribution in [3.8, 4) is 5.88 Å². The minimum atomic E-state index is -0.220. The standard InChI is InChI=1S/C12H18N2O3/c1-4-17-12(15)7-10(13-2)9-5-6-11(16-3)14-8-9/h5-6,8,10,13H,4,7H2,1-3H3. The van der Waals surface area contributed by atoms with E-state index in [0.717, 1.165) is 5.56 Å². The summed E-state index contributed by atoms with van der Waals surface area (Å²) in [5.41, 5.74) is 0.932. The van der Waals surface area contributed by atoms with Gasteiger partial charge in [0.15, 0.2) is 0 Å². The van der Waals surface area contributed by atoms with Gasteiger partial charge in [-0.15, -0.1) is 0 Å². The van der Waals surface area contributed by atoms with Crippen molar-refractivity contribution < 1.29 is 14.3 Å². The van der Waals surface area contributed by atoms with Crippen LogP contribution in [0.4, 0.5) is 0 Å².